The van der Waals surface area contributed by atoms with Crippen molar-refractivity contribution in [2.45, 2.75) is 18.3 Å². The molecule has 0 spiro atoms. The first kappa shape index (κ1) is 24.8. The summed E-state index contributed by atoms with van der Waals surface area (Å²) < 4.78 is 3.41. The van der Waals surface area contributed by atoms with Crippen molar-refractivity contribution in [3.63, 3.8) is 0 Å². The number of hydrogen-bond donors (Lipinski definition) is 1. The van der Waals surface area contributed by atoms with E-state index in [0.717, 1.165) is 59.6 Å². The van der Waals surface area contributed by atoms with Crippen molar-refractivity contribution in [3.05, 3.63) is 84.4 Å². The van der Waals surface area contributed by atoms with Crippen molar-refractivity contribution in [1.82, 2.24) is 29.3 Å². The lowest BCUT2D eigenvalue weighted by molar-refractivity contribution is -0.134. The minimum atomic E-state index is -0.335. The van der Waals surface area contributed by atoms with Gasteiger partial charge in [0, 0.05) is 74.1 Å². The molecule has 10 heteroatoms. The van der Waals surface area contributed by atoms with Crippen molar-refractivity contribution in [3.8, 4) is 28.3 Å². The molecule has 5 aromatic rings. The molecule has 1 aromatic carbocycles. The average Bonchev–Trinajstić information content (AvgIpc) is 3.60. The van der Waals surface area contributed by atoms with Crippen LogP contribution in [0.5, 0.6) is 0 Å². The summed E-state index contributed by atoms with van der Waals surface area (Å²) in [5, 5.41) is 18.5. The van der Waals surface area contributed by atoms with Crippen molar-refractivity contribution >= 4 is 23.1 Å². The molecule has 0 bridgehead atoms. The molecule has 1 amide bonds. The van der Waals surface area contributed by atoms with Gasteiger partial charge in [0.1, 0.15) is 17.5 Å². The first-order valence-electron chi connectivity index (χ1n) is 13.7. The van der Waals surface area contributed by atoms with E-state index in [1.54, 1.807) is 15.4 Å². The SMILES string of the molecule is Cn1cc(-c2cc(-c3ccc(N4CCN(C(=O)C5(c6ccccc6)CC5)CC4)nc3)c3c(C#N)c(N)nn3c2)cn1. The van der Waals surface area contributed by atoms with Crippen LogP contribution in [0.15, 0.2) is 73.3 Å². The Morgan fingerprint density at radius 3 is 2.39 bits per heavy atom. The average molecular weight is 544 g/mol. The molecule has 1 saturated carbocycles. The van der Waals surface area contributed by atoms with Crippen LogP contribution >= 0.6 is 0 Å². The minimum Gasteiger partial charge on any atom is -0.381 e. The molecule has 7 rings (SSSR count). The molecular formula is C31H29N9O. The maximum absolute atomic E-state index is 13.5. The minimum absolute atomic E-state index is 0.189. The van der Waals surface area contributed by atoms with E-state index >= 15 is 0 Å². The van der Waals surface area contributed by atoms with Crippen LogP contribution in [-0.4, -0.2) is 61.4 Å². The fraction of sp³-hybridized carbons (Fsp3) is 0.258. The van der Waals surface area contributed by atoms with E-state index in [-0.39, 0.29) is 17.1 Å². The Labute approximate surface area is 237 Å². The summed E-state index contributed by atoms with van der Waals surface area (Å²) in [5.74, 6) is 1.30. The summed E-state index contributed by atoms with van der Waals surface area (Å²) in [5.41, 5.74) is 11.4. The molecule has 1 aliphatic heterocycles. The number of nitrogens with zero attached hydrogens (tertiary/aromatic N) is 8. The largest absolute Gasteiger partial charge is 0.381 e. The maximum atomic E-state index is 13.5. The number of hydrogen-bond acceptors (Lipinski definition) is 7. The van der Waals surface area contributed by atoms with Gasteiger partial charge in [-0.15, -0.1) is 5.10 Å². The zero-order valence-corrected chi connectivity index (χ0v) is 22.7. The second-order valence-electron chi connectivity index (χ2n) is 10.8. The number of anilines is 2. The highest BCUT2D eigenvalue weighted by Crippen LogP contribution is 2.49. The lowest BCUT2D eigenvalue weighted by Crippen LogP contribution is -2.51. The number of pyridine rings is 2. The van der Waals surface area contributed by atoms with Crippen LogP contribution in [0.2, 0.25) is 0 Å². The van der Waals surface area contributed by atoms with E-state index in [4.69, 9.17) is 10.7 Å². The molecule has 4 aromatic heterocycles. The molecule has 10 nitrogen and oxygen atoms in total. The van der Waals surface area contributed by atoms with Crippen LogP contribution < -0.4 is 10.6 Å². The topological polar surface area (TPSA) is 121 Å². The van der Waals surface area contributed by atoms with Gasteiger partial charge in [0.25, 0.3) is 0 Å². The van der Waals surface area contributed by atoms with Gasteiger partial charge in [-0.25, -0.2) is 9.50 Å². The first-order valence-corrected chi connectivity index (χ1v) is 13.7. The Kier molecular flexibility index (Phi) is 5.75. The van der Waals surface area contributed by atoms with Crippen LogP contribution in [0, 0.1) is 11.3 Å². The summed E-state index contributed by atoms with van der Waals surface area (Å²) in [6.07, 6.45) is 9.25. The van der Waals surface area contributed by atoms with Gasteiger partial charge in [-0.3, -0.25) is 9.48 Å². The van der Waals surface area contributed by atoms with Gasteiger partial charge >= 0.3 is 0 Å². The number of fused-ring (bicyclic) bond motifs is 1. The monoisotopic (exact) mass is 543 g/mol. The smallest absolute Gasteiger partial charge is 0.233 e. The molecule has 1 saturated heterocycles. The number of nitriles is 1. The number of piperazine rings is 1. The number of nitrogens with two attached hydrogens (primary N) is 1. The van der Waals surface area contributed by atoms with Gasteiger partial charge in [-0.1, -0.05) is 30.3 Å². The Morgan fingerprint density at radius 2 is 1.76 bits per heavy atom. The van der Waals surface area contributed by atoms with E-state index in [1.165, 1.54) is 0 Å². The molecule has 0 radical (unpaired) electrons. The summed E-state index contributed by atoms with van der Waals surface area (Å²) in [7, 11) is 1.87. The van der Waals surface area contributed by atoms with Crippen LogP contribution in [0.3, 0.4) is 0 Å². The number of carbonyl (C=O) groups excluding carboxylic acids is 1. The molecule has 0 unspecified atom stereocenters. The zero-order chi connectivity index (χ0) is 28.1. The third-order valence-electron chi connectivity index (χ3n) is 8.34. The summed E-state index contributed by atoms with van der Waals surface area (Å²) >= 11 is 0. The van der Waals surface area contributed by atoms with Gasteiger partial charge in [0.2, 0.25) is 5.91 Å². The lowest BCUT2D eigenvalue weighted by Gasteiger charge is -2.37. The molecule has 0 atom stereocenters. The number of rotatable bonds is 5. The van der Waals surface area contributed by atoms with Crippen LogP contribution in [0.1, 0.15) is 24.0 Å². The summed E-state index contributed by atoms with van der Waals surface area (Å²) in [4.78, 5) is 22.5. The van der Waals surface area contributed by atoms with Gasteiger partial charge < -0.3 is 15.5 Å². The summed E-state index contributed by atoms with van der Waals surface area (Å²) in [6, 6.07) is 18.4. The van der Waals surface area contributed by atoms with E-state index in [9.17, 15) is 10.1 Å². The Balaban J connectivity index is 1.13. The van der Waals surface area contributed by atoms with E-state index in [0.29, 0.717) is 24.2 Å². The third-order valence-corrected chi connectivity index (χ3v) is 8.34. The van der Waals surface area contributed by atoms with Crippen molar-refractivity contribution in [2.75, 3.05) is 36.8 Å². The van der Waals surface area contributed by atoms with Crippen LogP contribution in [-0.2, 0) is 17.3 Å². The van der Waals surface area contributed by atoms with Gasteiger partial charge in [-0.2, -0.15) is 10.4 Å². The third kappa shape index (κ3) is 4.17. The van der Waals surface area contributed by atoms with Gasteiger partial charge in [0.05, 0.1) is 17.1 Å². The number of amides is 1. The Hall–Kier alpha value is -5.17. The Morgan fingerprint density at radius 1 is 0.976 bits per heavy atom. The first-order chi connectivity index (χ1) is 20.0. The number of carbonyl (C=O) groups is 1. The number of aromatic nitrogens is 5. The number of aryl methyl sites for hydroxylation is 1. The molecule has 2 N–H and O–H groups in total. The fourth-order valence-electron chi connectivity index (χ4n) is 5.94. The molecular weight excluding hydrogens is 514 g/mol. The number of benzene rings is 1. The number of nitrogen functional groups attached to an aromatic ring is 1. The lowest BCUT2D eigenvalue weighted by atomic mass is 9.94. The highest BCUT2D eigenvalue weighted by molar-refractivity contribution is 5.92. The quantitative estimate of drug-likeness (QED) is 0.359. The van der Waals surface area contributed by atoms with Crippen LogP contribution in [0.4, 0.5) is 11.6 Å². The maximum Gasteiger partial charge on any atom is 0.233 e. The standard InChI is InChI=1S/C31H29N9O/c1-37-19-23(18-35-37)22-15-25(28-26(16-32)29(33)36-40(28)20-22)21-7-8-27(34-17-21)38-11-13-39(14-12-38)30(41)31(9-10-31)24-5-3-2-4-6-24/h2-8,15,17-20H,9-14H2,1H3,(H2,33,36). The molecule has 41 heavy (non-hydrogen) atoms. The summed E-state index contributed by atoms with van der Waals surface area (Å²) in [6.45, 7) is 2.79. The van der Waals surface area contributed by atoms with E-state index < -0.39 is 0 Å². The Bertz CT molecular complexity index is 1800. The van der Waals surface area contributed by atoms with Gasteiger partial charge in [0.15, 0.2) is 5.82 Å². The van der Waals surface area contributed by atoms with Gasteiger partial charge in [-0.05, 0) is 36.6 Å². The molecule has 2 aliphatic rings. The van der Waals surface area contributed by atoms with Crippen molar-refractivity contribution in [1.29, 1.82) is 5.26 Å². The van der Waals surface area contributed by atoms with Crippen molar-refractivity contribution in [2.24, 2.45) is 7.05 Å². The normalized spacial score (nSPS) is 16.1. The second-order valence-corrected chi connectivity index (χ2v) is 10.8. The predicted octanol–water partition coefficient (Wildman–Crippen LogP) is 3.63. The fourth-order valence-corrected chi connectivity index (χ4v) is 5.94. The second kappa shape index (κ2) is 9.48. The zero-order valence-electron chi connectivity index (χ0n) is 22.7. The molecule has 1 aliphatic carbocycles. The predicted molar refractivity (Wildman–Crippen MR) is 156 cm³/mol. The molecule has 2 fully saturated rings. The van der Waals surface area contributed by atoms with Crippen LogP contribution in [0.25, 0.3) is 27.8 Å². The van der Waals surface area contributed by atoms with Crippen molar-refractivity contribution < 1.29 is 4.79 Å². The van der Waals surface area contributed by atoms with E-state index in [2.05, 4.69) is 33.3 Å². The van der Waals surface area contributed by atoms with E-state index in [1.807, 2.05) is 66.9 Å². The molecule has 5 heterocycles. The highest BCUT2D eigenvalue weighted by Gasteiger charge is 2.53. The highest BCUT2D eigenvalue weighted by atomic mass is 16.2. The molecule has 204 valence electrons.